The lowest BCUT2D eigenvalue weighted by molar-refractivity contribution is 0.124. The van der Waals surface area contributed by atoms with Gasteiger partial charge in [-0.1, -0.05) is 29.3 Å². The first-order valence-corrected chi connectivity index (χ1v) is 8.27. The Balaban J connectivity index is 1.53. The van der Waals surface area contributed by atoms with Crippen LogP contribution >= 0.6 is 0 Å². The van der Waals surface area contributed by atoms with Crippen LogP contribution in [-0.4, -0.2) is 35.7 Å². The molecule has 3 N–H and O–H groups in total. The molecule has 3 nitrogen and oxygen atoms in total. The lowest BCUT2D eigenvalue weighted by atomic mass is 9.99. The Labute approximate surface area is 128 Å². The molecule has 1 saturated heterocycles. The van der Waals surface area contributed by atoms with E-state index >= 15 is 0 Å². The third kappa shape index (κ3) is 3.31. The molecule has 3 heteroatoms. The van der Waals surface area contributed by atoms with E-state index in [4.69, 9.17) is 5.73 Å². The lowest BCUT2D eigenvalue weighted by Gasteiger charge is -2.21. The summed E-state index contributed by atoms with van der Waals surface area (Å²) < 4.78 is 0. The van der Waals surface area contributed by atoms with Gasteiger partial charge in [0.2, 0.25) is 0 Å². The van der Waals surface area contributed by atoms with E-state index in [9.17, 15) is 5.11 Å². The van der Waals surface area contributed by atoms with Crippen LogP contribution in [0.5, 0.6) is 0 Å². The largest absolute Gasteiger partial charge is 0.393 e. The Bertz CT molecular complexity index is 482. The highest BCUT2D eigenvalue weighted by molar-refractivity contribution is 5.30. The summed E-state index contributed by atoms with van der Waals surface area (Å²) in [6.07, 6.45) is 3.14. The molecule has 2 aliphatic rings. The molecule has 1 aliphatic carbocycles. The Hall–Kier alpha value is -0.900. The topological polar surface area (TPSA) is 49.5 Å². The summed E-state index contributed by atoms with van der Waals surface area (Å²) in [5, 5.41) is 9.98. The number of rotatable bonds is 4. The van der Waals surface area contributed by atoms with Crippen LogP contribution in [0.25, 0.3) is 0 Å². The molecule has 1 aromatic carbocycles. The number of likely N-dealkylation sites (tertiary alicyclic amines) is 1. The normalized spacial score (nSPS) is 30.6. The highest BCUT2D eigenvalue weighted by Gasteiger charge is 2.41. The zero-order chi connectivity index (χ0) is 15.0. The third-order valence-electron chi connectivity index (χ3n) is 5.32. The standard InChI is InChI=1S/C18H28N2O/c1-12-7-13(2)9-15(8-12)17(19)5-6-20-10-14-3-4-18(21)16(14)11-20/h7-9,14,16-18,21H,3-6,10-11,19H2,1-2H3. The van der Waals surface area contributed by atoms with E-state index in [2.05, 4.69) is 36.9 Å². The molecule has 0 spiro atoms. The van der Waals surface area contributed by atoms with Crippen molar-refractivity contribution in [3.63, 3.8) is 0 Å². The van der Waals surface area contributed by atoms with Crippen LogP contribution in [0.3, 0.4) is 0 Å². The molecule has 1 saturated carbocycles. The van der Waals surface area contributed by atoms with Crippen LogP contribution in [0.2, 0.25) is 0 Å². The molecule has 3 rings (SSSR count). The molecule has 1 heterocycles. The fraction of sp³-hybridized carbons (Fsp3) is 0.667. The summed E-state index contributed by atoms with van der Waals surface area (Å²) in [4.78, 5) is 2.50. The first-order chi connectivity index (χ1) is 10.0. The van der Waals surface area contributed by atoms with Gasteiger partial charge in [-0.25, -0.2) is 0 Å². The smallest absolute Gasteiger partial charge is 0.0583 e. The Morgan fingerprint density at radius 1 is 1.19 bits per heavy atom. The first-order valence-electron chi connectivity index (χ1n) is 8.27. The molecule has 4 unspecified atom stereocenters. The number of benzene rings is 1. The minimum Gasteiger partial charge on any atom is -0.393 e. The van der Waals surface area contributed by atoms with Gasteiger partial charge in [0.25, 0.3) is 0 Å². The lowest BCUT2D eigenvalue weighted by Crippen LogP contribution is -2.28. The molecule has 1 aliphatic heterocycles. The third-order valence-corrected chi connectivity index (χ3v) is 5.32. The predicted octanol–water partition coefficient (Wildman–Crippen LogP) is 2.40. The minimum atomic E-state index is -0.0619. The van der Waals surface area contributed by atoms with Gasteiger partial charge in [0.1, 0.15) is 0 Å². The van der Waals surface area contributed by atoms with Crippen LogP contribution in [-0.2, 0) is 0 Å². The molecule has 21 heavy (non-hydrogen) atoms. The Kier molecular flexibility index (Phi) is 4.34. The van der Waals surface area contributed by atoms with Crippen LogP contribution < -0.4 is 5.73 Å². The van der Waals surface area contributed by atoms with E-state index in [1.54, 1.807) is 0 Å². The molecular formula is C18H28N2O. The maximum absolute atomic E-state index is 9.98. The van der Waals surface area contributed by atoms with Crippen molar-refractivity contribution in [2.24, 2.45) is 17.6 Å². The molecule has 116 valence electrons. The van der Waals surface area contributed by atoms with Crippen molar-refractivity contribution in [3.8, 4) is 0 Å². The van der Waals surface area contributed by atoms with Gasteiger partial charge >= 0.3 is 0 Å². The van der Waals surface area contributed by atoms with Crippen molar-refractivity contribution in [1.29, 1.82) is 0 Å². The van der Waals surface area contributed by atoms with Crippen molar-refractivity contribution >= 4 is 0 Å². The Morgan fingerprint density at radius 2 is 1.90 bits per heavy atom. The number of aliphatic hydroxyl groups is 1. The van der Waals surface area contributed by atoms with E-state index in [0.29, 0.717) is 5.92 Å². The fourth-order valence-corrected chi connectivity index (χ4v) is 4.22. The SMILES string of the molecule is Cc1cc(C)cc(C(N)CCN2CC3CCC(O)C3C2)c1. The molecule has 0 bridgehead atoms. The van der Waals surface area contributed by atoms with Crippen LogP contribution in [0.15, 0.2) is 18.2 Å². The summed E-state index contributed by atoms with van der Waals surface area (Å²) in [6, 6.07) is 6.73. The maximum atomic E-state index is 9.98. The second-order valence-electron chi connectivity index (χ2n) is 7.14. The van der Waals surface area contributed by atoms with E-state index < -0.39 is 0 Å². The van der Waals surface area contributed by atoms with Crippen molar-refractivity contribution in [2.75, 3.05) is 19.6 Å². The van der Waals surface area contributed by atoms with E-state index in [-0.39, 0.29) is 12.1 Å². The van der Waals surface area contributed by atoms with E-state index in [0.717, 1.165) is 38.4 Å². The number of nitrogens with two attached hydrogens (primary N) is 1. The quantitative estimate of drug-likeness (QED) is 0.894. The van der Waals surface area contributed by atoms with Gasteiger partial charge in [-0.05, 0) is 51.1 Å². The van der Waals surface area contributed by atoms with Gasteiger partial charge in [0.05, 0.1) is 6.10 Å². The number of nitrogens with zero attached hydrogens (tertiary/aromatic N) is 1. The zero-order valence-electron chi connectivity index (χ0n) is 13.3. The molecule has 0 amide bonds. The second-order valence-corrected chi connectivity index (χ2v) is 7.14. The molecule has 0 aromatic heterocycles. The minimum absolute atomic E-state index is 0.0619. The summed E-state index contributed by atoms with van der Waals surface area (Å²) in [7, 11) is 0. The molecule has 0 radical (unpaired) electrons. The van der Waals surface area contributed by atoms with Gasteiger partial charge < -0.3 is 15.7 Å². The van der Waals surface area contributed by atoms with Gasteiger partial charge in [-0.15, -0.1) is 0 Å². The monoisotopic (exact) mass is 288 g/mol. The highest BCUT2D eigenvalue weighted by Crippen LogP contribution is 2.38. The van der Waals surface area contributed by atoms with Gasteiger partial charge in [0, 0.05) is 25.0 Å². The molecule has 2 fully saturated rings. The summed E-state index contributed by atoms with van der Waals surface area (Å²) in [5.74, 6) is 1.24. The maximum Gasteiger partial charge on any atom is 0.0583 e. The first kappa shape index (κ1) is 15.0. The van der Waals surface area contributed by atoms with Crippen molar-refractivity contribution in [2.45, 2.75) is 45.3 Å². The number of hydrogen-bond donors (Lipinski definition) is 2. The van der Waals surface area contributed by atoms with Gasteiger partial charge in [-0.3, -0.25) is 0 Å². The van der Waals surface area contributed by atoms with Crippen molar-refractivity contribution < 1.29 is 5.11 Å². The highest BCUT2D eigenvalue weighted by atomic mass is 16.3. The van der Waals surface area contributed by atoms with Crippen molar-refractivity contribution in [3.05, 3.63) is 34.9 Å². The number of hydrogen-bond acceptors (Lipinski definition) is 3. The van der Waals surface area contributed by atoms with Crippen LogP contribution in [0.4, 0.5) is 0 Å². The zero-order valence-corrected chi connectivity index (χ0v) is 13.3. The summed E-state index contributed by atoms with van der Waals surface area (Å²) >= 11 is 0. The Morgan fingerprint density at radius 3 is 2.57 bits per heavy atom. The fourth-order valence-electron chi connectivity index (χ4n) is 4.22. The number of aryl methyl sites for hydroxylation is 2. The number of fused-ring (bicyclic) bond motifs is 1. The molecule has 1 aromatic rings. The summed E-state index contributed by atoms with van der Waals surface area (Å²) in [6.45, 7) is 7.53. The van der Waals surface area contributed by atoms with E-state index in [1.807, 2.05) is 0 Å². The average Bonchev–Trinajstić information content (AvgIpc) is 2.97. The molecular weight excluding hydrogens is 260 g/mol. The van der Waals surface area contributed by atoms with Crippen LogP contribution in [0, 0.1) is 25.7 Å². The van der Waals surface area contributed by atoms with E-state index in [1.165, 1.54) is 23.1 Å². The predicted molar refractivity (Wildman–Crippen MR) is 86.1 cm³/mol. The molecule has 4 atom stereocenters. The van der Waals surface area contributed by atoms with Gasteiger partial charge in [0.15, 0.2) is 0 Å². The second kappa shape index (κ2) is 6.07. The average molecular weight is 288 g/mol. The van der Waals surface area contributed by atoms with Gasteiger partial charge in [-0.2, -0.15) is 0 Å². The number of aliphatic hydroxyl groups excluding tert-OH is 1. The van der Waals surface area contributed by atoms with Crippen LogP contribution in [0.1, 0.15) is 42.0 Å². The summed E-state index contributed by atoms with van der Waals surface area (Å²) in [5.41, 5.74) is 10.2. The van der Waals surface area contributed by atoms with Crippen molar-refractivity contribution in [1.82, 2.24) is 4.90 Å².